The quantitative estimate of drug-likeness (QED) is 0.778. The molecule has 0 saturated carbocycles. The van der Waals surface area contributed by atoms with E-state index >= 15 is 0 Å². The van der Waals surface area contributed by atoms with Gasteiger partial charge < -0.3 is 0 Å². The van der Waals surface area contributed by atoms with Crippen LogP contribution < -0.4 is 0 Å². The smallest absolute Gasteiger partial charge is 0.150 e. The van der Waals surface area contributed by atoms with Gasteiger partial charge in [0, 0.05) is 17.0 Å². The number of aryl methyl sites for hydroxylation is 1. The van der Waals surface area contributed by atoms with Crippen molar-refractivity contribution in [3.05, 3.63) is 27.6 Å². The monoisotopic (exact) mass is 276 g/mol. The Bertz CT molecular complexity index is 495. The summed E-state index contributed by atoms with van der Waals surface area (Å²) in [6.07, 6.45) is 0. The van der Waals surface area contributed by atoms with Gasteiger partial charge >= 0.3 is 0 Å². The van der Waals surface area contributed by atoms with Crippen LogP contribution in [0, 0.1) is 5.82 Å². The largest absolute Gasteiger partial charge is 0.261 e. The molecule has 0 bridgehead atoms. The van der Waals surface area contributed by atoms with E-state index < -0.39 is 0 Å². The molecule has 5 heteroatoms. The number of hydrogen-bond acceptors (Lipinski definition) is 1. The van der Waals surface area contributed by atoms with Crippen LogP contribution in [0.5, 0.6) is 0 Å². The van der Waals surface area contributed by atoms with Gasteiger partial charge in [0.15, 0.2) is 5.82 Å². The maximum absolute atomic E-state index is 13.5. The lowest BCUT2D eigenvalue weighted by Crippen LogP contribution is -1.97. The molecule has 0 fully saturated rings. The first-order chi connectivity index (χ1) is 6.63. The van der Waals surface area contributed by atoms with Crippen molar-refractivity contribution in [1.29, 1.82) is 0 Å². The summed E-state index contributed by atoms with van der Waals surface area (Å²) in [5, 5.41) is 5.23. The zero-order valence-corrected chi connectivity index (χ0v) is 9.73. The van der Waals surface area contributed by atoms with Gasteiger partial charge in [0.25, 0.3) is 0 Å². The summed E-state index contributed by atoms with van der Waals surface area (Å²) in [5.41, 5.74) is 0.490. The number of halogens is 3. The van der Waals surface area contributed by atoms with Crippen molar-refractivity contribution in [2.24, 2.45) is 0 Å². The third-order valence-corrected chi connectivity index (χ3v) is 2.82. The van der Waals surface area contributed by atoms with Crippen molar-refractivity contribution in [2.45, 2.75) is 13.5 Å². The highest BCUT2D eigenvalue weighted by molar-refractivity contribution is 9.10. The van der Waals surface area contributed by atoms with E-state index in [4.69, 9.17) is 11.6 Å². The second kappa shape index (κ2) is 3.51. The highest BCUT2D eigenvalue weighted by Crippen LogP contribution is 2.28. The predicted octanol–water partition coefficient (Wildman–Crippen LogP) is 3.61. The Kier molecular flexibility index (Phi) is 2.49. The summed E-state index contributed by atoms with van der Waals surface area (Å²) in [6.45, 7) is 2.54. The first kappa shape index (κ1) is 9.93. The van der Waals surface area contributed by atoms with Crippen LogP contribution in [0.15, 0.2) is 16.7 Å². The van der Waals surface area contributed by atoms with E-state index in [0.717, 1.165) is 0 Å². The molecule has 0 unspecified atom stereocenters. The zero-order valence-electron chi connectivity index (χ0n) is 7.39. The molecule has 0 spiro atoms. The van der Waals surface area contributed by atoms with Gasteiger partial charge in [-0.1, -0.05) is 11.6 Å². The average Bonchev–Trinajstić information content (AvgIpc) is 2.43. The number of aromatic nitrogens is 2. The molecule has 14 heavy (non-hydrogen) atoms. The van der Waals surface area contributed by atoms with Crippen LogP contribution in [-0.4, -0.2) is 9.78 Å². The Labute approximate surface area is 93.8 Å². The molecule has 0 aliphatic carbocycles. The average molecular weight is 278 g/mol. The van der Waals surface area contributed by atoms with Gasteiger partial charge in [-0.15, -0.1) is 0 Å². The topological polar surface area (TPSA) is 17.8 Å². The van der Waals surface area contributed by atoms with E-state index in [9.17, 15) is 4.39 Å². The molecule has 0 aliphatic rings. The highest BCUT2D eigenvalue weighted by Gasteiger charge is 2.12. The highest BCUT2D eigenvalue weighted by atomic mass is 79.9. The van der Waals surface area contributed by atoms with E-state index in [1.165, 1.54) is 6.07 Å². The van der Waals surface area contributed by atoms with Crippen molar-refractivity contribution in [3.63, 3.8) is 0 Å². The Morgan fingerprint density at radius 2 is 2.29 bits per heavy atom. The summed E-state index contributed by atoms with van der Waals surface area (Å²) in [7, 11) is 0. The minimum absolute atomic E-state index is 0.340. The predicted molar refractivity (Wildman–Crippen MR) is 58.1 cm³/mol. The summed E-state index contributed by atoms with van der Waals surface area (Å²) in [4.78, 5) is 0. The number of hydrogen-bond donors (Lipinski definition) is 0. The molecule has 1 aromatic heterocycles. The van der Waals surface area contributed by atoms with Crippen LogP contribution in [0.3, 0.4) is 0 Å². The molecule has 0 N–H and O–H groups in total. The Morgan fingerprint density at radius 1 is 1.57 bits per heavy atom. The van der Waals surface area contributed by atoms with Gasteiger partial charge in [-0.2, -0.15) is 5.10 Å². The van der Waals surface area contributed by atoms with Crippen molar-refractivity contribution in [2.75, 3.05) is 0 Å². The van der Waals surface area contributed by atoms with Crippen LogP contribution in [0.2, 0.25) is 5.02 Å². The molecule has 0 radical (unpaired) electrons. The molecule has 74 valence electrons. The lowest BCUT2D eigenvalue weighted by molar-refractivity contribution is 0.609. The van der Waals surface area contributed by atoms with E-state index in [1.54, 1.807) is 10.7 Å². The van der Waals surface area contributed by atoms with Gasteiger partial charge in [-0.05, 0) is 35.0 Å². The molecular weight excluding hydrogens is 270 g/mol. The third-order valence-electron chi connectivity index (χ3n) is 2.02. The molecule has 0 saturated heterocycles. The molecule has 0 atom stereocenters. The molecular formula is C9H7BrClFN2. The maximum Gasteiger partial charge on any atom is 0.150 e. The molecule has 1 aromatic carbocycles. The molecule has 1 heterocycles. The normalized spacial score (nSPS) is 11.1. The van der Waals surface area contributed by atoms with Gasteiger partial charge in [0.05, 0.1) is 0 Å². The van der Waals surface area contributed by atoms with Gasteiger partial charge in [0.1, 0.15) is 10.1 Å². The zero-order chi connectivity index (χ0) is 10.3. The second-order valence-corrected chi connectivity index (χ2v) is 4.08. The Hall–Kier alpha value is -0.610. The van der Waals surface area contributed by atoms with E-state index in [2.05, 4.69) is 21.0 Å². The van der Waals surface area contributed by atoms with Crippen molar-refractivity contribution < 1.29 is 4.39 Å². The standard InChI is InChI=1S/C9H7BrClFN2/c1-2-14-8-6(9(10)13-14)3-5(11)4-7(8)12/h3-4H,2H2,1H3. The van der Waals surface area contributed by atoms with Crippen LogP contribution in [0.4, 0.5) is 4.39 Å². The fraction of sp³-hybridized carbons (Fsp3) is 0.222. The molecule has 2 nitrogen and oxygen atoms in total. The Morgan fingerprint density at radius 3 is 2.93 bits per heavy atom. The minimum Gasteiger partial charge on any atom is -0.261 e. The Balaban J connectivity index is 2.89. The van der Waals surface area contributed by atoms with E-state index in [-0.39, 0.29) is 5.82 Å². The van der Waals surface area contributed by atoms with E-state index in [0.29, 0.717) is 27.1 Å². The third kappa shape index (κ3) is 1.42. The van der Waals surface area contributed by atoms with Crippen LogP contribution in [0.1, 0.15) is 6.92 Å². The van der Waals surface area contributed by atoms with Crippen LogP contribution in [-0.2, 0) is 6.54 Å². The number of nitrogens with zero attached hydrogens (tertiary/aromatic N) is 2. The fourth-order valence-corrected chi connectivity index (χ4v) is 2.12. The summed E-state index contributed by atoms with van der Waals surface area (Å²) >= 11 is 9.02. The molecule has 2 aromatic rings. The summed E-state index contributed by atoms with van der Waals surface area (Å²) in [5.74, 6) is -0.340. The number of benzene rings is 1. The van der Waals surface area contributed by atoms with Crippen molar-refractivity contribution in [3.8, 4) is 0 Å². The minimum atomic E-state index is -0.340. The maximum atomic E-state index is 13.5. The molecule has 2 rings (SSSR count). The summed E-state index contributed by atoms with van der Waals surface area (Å²) in [6, 6.07) is 2.99. The van der Waals surface area contributed by atoms with Crippen molar-refractivity contribution in [1.82, 2.24) is 9.78 Å². The molecule has 0 amide bonds. The second-order valence-electron chi connectivity index (χ2n) is 2.89. The lowest BCUT2D eigenvalue weighted by Gasteiger charge is -1.99. The SMILES string of the molecule is CCn1nc(Br)c2cc(Cl)cc(F)c21. The van der Waals surface area contributed by atoms with Crippen LogP contribution in [0.25, 0.3) is 10.9 Å². The van der Waals surface area contributed by atoms with Gasteiger partial charge in [-0.3, -0.25) is 4.68 Å². The van der Waals surface area contributed by atoms with Crippen molar-refractivity contribution >= 4 is 38.4 Å². The van der Waals surface area contributed by atoms with E-state index in [1.807, 2.05) is 6.92 Å². The summed E-state index contributed by atoms with van der Waals surface area (Å²) < 4.78 is 15.8. The number of rotatable bonds is 1. The lowest BCUT2D eigenvalue weighted by atomic mass is 10.2. The van der Waals surface area contributed by atoms with Gasteiger partial charge in [-0.25, -0.2) is 4.39 Å². The first-order valence-corrected chi connectivity index (χ1v) is 5.31. The van der Waals surface area contributed by atoms with Crippen LogP contribution >= 0.6 is 27.5 Å². The fourth-order valence-electron chi connectivity index (χ4n) is 1.42. The molecule has 0 aliphatic heterocycles. The number of fused-ring (bicyclic) bond motifs is 1. The first-order valence-electron chi connectivity index (χ1n) is 4.14. The van der Waals surface area contributed by atoms with Gasteiger partial charge in [0.2, 0.25) is 0 Å².